The largest absolute Gasteiger partial charge is 0.277 e. The van der Waals surface area contributed by atoms with Gasteiger partial charge < -0.3 is 0 Å². The average Bonchev–Trinajstić information content (AvgIpc) is 2.69. The normalized spacial score (nSPS) is 12.3. The second-order valence-electron chi connectivity index (χ2n) is 3.95. The van der Waals surface area contributed by atoms with Gasteiger partial charge in [0.1, 0.15) is 4.21 Å². The Balaban J connectivity index is 2.29. The van der Waals surface area contributed by atoms with Gasteiger partial charge in [0.2, 0.25) is 0 Å². The van der Waals surface area contributed by atoms with E-state index in [0.29, 0.717) is 8.81 Å². The maximum Gasteiger partial charge on any atom is 0.271 e. The summed E-state index contributed by atoms with van der Waals surface area (Å²) in [4.78, 5) is 3.70. The lowest BCUT2D eigenvalue weighted by Crippen LogP contribution is -2.12. The highest BCUT2D eigenvalue weighted by molar-refractivity contribution is 9.11. The van der Waals surface area contributed by atoms with Crippen LogP contribution >= 0.6 is 38.9 Å². The van der Waals surface area contributed by atoms with Crippen molar-refractivity contribution in [1.82, 2.24) is 4.98 Å². The standard InChI is InChI=1S/C10H8BrClN2O4S3/c1-20(15,16)8-3-2-6(5-13-8)14-21(17,18)9-4-7(12)10(11)19-9/h2-5,14H,1H3. The van der Waals surface area contributed by atoms with Gasteiger partial charge in [-0.15, -0.1) is 11.3 Å². The van der Waals surface area contributed by atoms with Gasteiger partial charge in [-0.05, 0) is 34.1 Å². The van der Waals surface area contributed by atoms with Crippen molar-refractivity contribution >= 4 is 64.4 Å². The zero-order valence-electron chi connectivity index (χ0n) is 10.4. The van der Waals surface area contributed by atoms with E-state index in [-0.39, 0.29) is 14.9 Å². The first kappa shape index (κ1) is 16.7. The minimum Gasteiger partial charge on any atom is -0.277 e. The Labute approximate surface area is 139 Å². The average molecular weight is 432 g/mol. The molecule has 0 atom stereocenters. The predicted octanol–water partition coefficient (Wildman–Crippen LogP) is 2.76. The van der Waals surface area contributed by atoms with Crippen molar-refractivity contribution in [2.45, 2.75) is 9.24 Å². The zero-order valence-corrected chi connectivity index (χ0v) is 15.2. The molecule has 0 fully saturated rings. The fourth-order valence-electron chi connectivity index (χ4n) is 1.32. The molecule has 0 aliphatic rings. The van der Waals surface area contributed by atoms with Gasteiger partial charge in [-0.1, -0.05) is 11.6 Å². The summed E-state index contributed by atoms with van der Waals surface area (Å²) in [6.45, 7) is 0. The van der Waals surface area contributed by atoms with Crippen LogP contribution in [0.25, 0.3) is 0 Å². The van der Waals surface area contributed by atoms with E-state index in [1.165, 1.54) is 18.2 Å². The molecule has 0 aromatic carbocycles. The summed E-state index contributed by atoms with van der Waals surface area (Å²) in [5.41, 5.74) is 0.156. The van der Waals surface area contributed by atoms with E-state index in [9.17, 15) is 16.8 Å². The molecule has 0 saturated heterocycles. The SMILES string of the molecule is CS(=O)(=O)c1ccc(NS(=O)(=O)c2cc(Cl)c(Br)s2)cn1. The molecule has 2 aromatic rings. The van der Waals surface area contributed by atoms with E-state index < -0.39 is 19.9 Å². The number of hydrogen-bond acceptors (Lipinski definition) is 6. The summed E-state index contributed by atoms with van der Waals surface area (Å²) in [5.74, 6) is 0. The van der Waals surface area contributed by atoms with Gasteiger partial charge in [0.25, 0.3) is 10.0 Å². The number of nitrogens with zero attached hydrogens (tertiary/aromatic N) is 1. The van der Waals surface area contributed by atoms with Crippen LogP contribution in [0.15, 0.2) is 37.4 Å². The Morgan fingerprint density at radius 2 is 1.95 bits per heavy atom. The van der Waals surface area contributed by atoms with E-state index in [0.717, 1.165) is 23.8 Å². The van der Waals surface area contributed by atoms with E-state index in [4.69, 9.17) is 11.6 Å². The lowest BCUT2D eigenvalue weighted by Gasteiger charge is -2.06. The number of rotatable bonds is 4. The van der Waals surface area contributed by atoms with Crippen LogP contribution in [0.2, 0.25) is 5.02 Å². The molecule has 2 heterocycles. The van der Waals surface area contributed by atoms with Gasteiger partial charge in [-0.3, -0.25) is 4.72 Å². The van der Waals surface area contributed by atoms with Gasteiger partial charge in [-0.2, -0.15) is 0 Å². The van der Waals surface area contributed by atoms with Crippen molar-refractivity contribution in [2.24, 2.45) is 0 Å². The number of aromatic nitrogens is 1. The number of anilines is 1. The number of hydrogen-bond donors (Lipinski definition) is 1. The molecule has 0 spiro atoms. The minimum absolute atomic E-state index is 0.0339. The first-order valence-electron chi connectivity index (χ1n) is 5.23. The van der Waals surface area contributed by atoms with E-state index >= 15 is 0 Å². The number of sulfone groups is 1. The maximum atomic E-state index is 12.1. The highest BCUT2D eigenvalue weighted by Crippen LogP contribution is 2.35. The predicted molar refractivity (Wildman–Crippen MR) is 85.2 cm³/mol. The van der Waals surface area contributed by atoms with Crippen molar-refractivity contribution in [1.29, 1.82) is 0 Å². The number of sulfonamides is 1. The van der Waals surface area contributed by atoms with Gasteiger partial charge in [0.15, 0.2) is 14.9 Å². The second kappa shape index (κ2) is 5.84. The third kappa shape index (κ3) is 3.95. The minimum atomic E-state index is -3.80. The zero-order chi connectivity index (χ0) is 15.8. The molecular formula is C10H8BrClN2O4S3. The molecule has 0 aliphatic heterocycles. The smallest absolute Gasteiger partial charge is 0.271 e. The Morgan fingerprint density at radius 1 is 1.29 bits per heavy atom. The molecule has 2 rings (SSSR count). The quantitative estimate of drug-likeness (QED) is 0.803. The molecule has 1 N–H and O–H groups in total. The molecule has 21 heavy (non-hydrogen) atoms. The van der Waals surface area contributed by atoms with Crippen LogP contribution in [0.1, 0.15) is 0 Å². The van der Waals surface area contributed by atoms with Crippen LogP contribution in [-0.2, 0) is 19.9 Å². The molecule has 114 valence electrons. The molecule has 0 amide bonds. The molecule has 0 bridgehead atoms. The Bertz CT molecular complexity index is 856. The monoisotopic (exact) mass is 430 g/mol. The van der Waals surface area contributed by atoms with Crippen LogP contribution in [0.4, 0.5) is 5.69 Å². The Hall–Kier alpha value is -0.680. The summed E-state index contributed by atoms with van der Waals surface area (Å²) < 4.78 is 49.6. The molecule has 0 saturated carbocycles. The highest BCUT2D eigenvalue weighted by Gasteiger charge is 2.19. The van der Waals surface area contributed by atoms with Crippen molar-refractivity contribution in [3.05, 3.63) is 33.2 Å². The van der Waals surface area contributed by atoms with Gasteiger partial charge in [0.05, 0.1) is 20.7 Å². The first-order chi connectivity index (χ1) is 9.59. The van der Waals surface area contributed by atoms with Crippen LogP contribution in [0, 0.1) is 0 Å². The fourth-order valence-corrected chi connectivity index (χ4v) is 5.33. The molecule has 0 aliphatic carbocycles. The van der Waals surface area contributed by atoms with E-state index in [1.807, 2.05) is 0 Å². The summed E-state index contributed by atoms with van der Waals surface area (Å²) in [7, 11) is -7.23. The van der Waals surface area contributed by atoms with Crippen LogP contribution in [0.3, 0.4) is 0 Å². The number of nitrogens with one attached hydrogen (secondary N) is 1. The lowest BCUT2D eigenvalue weighted by molar-refractivity contribution is 0.598. The van der Waals surface area contributed by atoms with Gasteiger partial charge in [0, 0.05) is 6.26 Å². The Morgan fingerprint density at radius 3 is 2.38 bits per heavy atom. The van der Waals surface area contributed by atoms with Crippen molar-refractivity contribution < 1.29 is 16.8 Å². The van der Waals surface area contributed by atoms with Crippen LogP contribution in [0.5, 0.6) is 0 Å². The number of pyridine rings is 1. The number of halogens is 2. The highest BCUT2D eigenvalue weighted by atomic mass is 79.9. The molecular weight excluding hydrogens is 424 g/mol. The van der Waals surface area contributed by atoms with E-state index in [2.05, 4.69) is 25.6 Å². The lowest BCUT2D eigenvalue weighted by atomic mass is 10.4. The van der Waals surface area contributed by atoms with Gasteiger partial charge >= 0.3 is 0 Å². The van der Waals surface area contributed by atoms with Crippen LogP contribution in [-0.4, -0.2) is 28.1 Å². The molecule has 6 nitrogen and oxygen atoms in total. The third-order valence-electron chi connectivity index (χ3n) is 2.26. The van der Waals surface area contributed by atoms with Crippen LogP contribution < -0.4 is 4.72 Å². The summed E-state index contributed by atoms with van der Waals surface area (Å²) in [6, 6.07) is 3.87. The van der Waals surface area contributed by atoms with Crippen molar-refractivity contribution in [3.63, 3.8) is 0 Å². The maximum absolute atomic E-state index is 12.1. The summed E-state index contributed by atoms with van der Waals surface area (Å²) in [5, 5.41) is 0.165. The topological polar surface area (TPSA) is 93.2 Å². The second-order valence-corrected chi connectivity index (χ2v) is 10.6. The molecule has 11 heteroatoms. The fraction of sp³-hybridized carbons (Fsp3) is 0.100. The summed E-state index contributed by atoms with van der Waals surface area (Å²) >= 11 is 9.91. The molecule has 0 unspecified atom stereocenters. The first-order valence-corrected chi connectivity index (χ1v) is 10.6. The van der Waals surface area contributed by atoms with Gasteiger partial charge in [-0.25, -0.2) is 21.8 Å². The Kier molecular flexibility index (Phi) is 4.64. The summed E-state index contributed by atoms with van der Waals surface area (Å²) in [6.07, 6.45) is 2.16. The van der Waals surface area contributed by atoms with E-state index in [1.54, 1.807) is 0 Å². The number of thiophene rings is 1. The third-order valence-corrected chi connectivity index (χ3v) is 7.59. The molecule has 2 aromatic heterocycles. The molecule has 0 radical (unpaired) electrons. The van der Waals surface area contributed by atoms with Crippen molar-refractivity contribution in [2.75, 3.05) is 11.0 Å². The van der Waals surface area contributed by atoms with Crippen molar-refractivity contribution in [3.8, 4) is 0 Å².